The van der Waals surface area contributed by atoms with Crippen LogP contribution in [0.1, 0.15) is 10.4 Å². The SMILES string of the molecule is Nc1ccc2c(c1)OCCN2C(=O)c1ccccc1F. The second-order valence-electron chi connectivity index (χ2n) is 4.51. The minimum absolute atomic E-state index is 0.0529. The molecule has 1 heterocycles. The van der Waals surface area contributed by atoms with Crippen LogP contribution in [0.3, 0.4) is 0 Å². The number of anilines is 2. The first-order valence-corrected chi connectivity index (χ1v) is 6.25. The summed E-state index contributed by atoms with van der Waals surface area (Å²) in [6.07, 6.45) is 0. The molecule has 1 amide bonds. The summed E-state index contributed by atoms with van der Waals surface area (Å²) in [5.41, 5.74) is 6.92. The quantitative estimate of drug-likeness (QED) is 0.811. The van der Waals surface area contributed by atoms with Crippen LogP contribution in [-0.2, 0) is 0 Å². The Bertz CT molecular complexity index is 673. The molecule has 0 atom stereocenters. The summed E-state index contributed by atoms with van der Waals surface area (Å²) in [4.78, 5) is 14.0. The Balaban J connectivity index is 2.01. The molecule has 2 N–H and O–H groups in total. The second-order valence-corrected chi connectivity index (χ2v) is 4.51. The van der Waals surface area contributed by atoms with Gasteiger partial charge in [0.2, 0.25) is 0 Å². The molecule has 0 bridgehead atoms. The van der Waals surface area contributed by atoms with Crippen LogP contribution in [0.15, 0.2) is 42.5 Å². The first-order chi connectivity index (χ1) is 9.66. The van der Waals surface area contributed by atoms with Crippen LogP contribution >= 0.6 is 0 Å². The van der Waals surface area contributed by atoms with Gasteiger partial charge >= 0.3 is 0 Å². The number of carbonyl (C=O) groups excluding carboxylic acids is 1. The minimum Gasteiger partial charge on any atom is -0.489 e. The lowest BCUT2D eigenvalue weighted by Crippen LogP contribution is -2.38. The number of ether oxygens (including phenoxy) is 1. The van der Waals surface area contributed by atoms with Gasteiger partial charge in [-0.25, -0.2) is 4.39 Å². The zero-order chi connectivity index (χ0) is 14.1. The van der Waals surface area contributed by atoms with Crippen LogP contribution in [0.25, 0.3) is 0 Å². The average Bonchev–Trinajstić information content (AvgIpc) is 2.46. The van der Waals surface area contributed by atoms with Crippen molar-refractivity contribution in [2.75, 3.05) is 23.8 Å². The van der Waals surface area contributed by atoms with E-state index in [1.165, 1.54) is 17.0 Å². The van der Waals surface area contributed by atoms with E-state index in [2.05, 4.69) is 0 Å². The van der Waals surface area contributed by atoms with E-state index in [-0.39, 0.29) is 11.5 Å². The summed E-state index contributed by atoms with van der Waals surface area (Å²) in [5.74, 6) is -0.362. The number of nitrogen functional groups attached to an aromatic ring is 1. The van der Waals surface area contributed by atoms with Crippen molar-refractivity contribution in [2.45, 2.75) is 0 Å². The number of halogens is 1. The van der Waals surface area contributed by atoms with Crippen molar-refractivity contribution in [2.24, 2.45) is 0 Å². The number of nitrogens with two attached hydrogens (primary N) is 1. The monoisotopic (exact) mass is 272 g/mol. The molecule has 2 aromatic carbocycles. The van der Waals surface area contributed by atoms with Gasteiger partial charge in [-0.1, -0.05) is 12.1 Å². The van der Waals surface area contributed by atoms with E-state index in [4.69, 9.17) is 10.5 Å². The van der Waals surface area contributed by atoms with Crippen molar-refractivity contribution in [3.63, 3.8) is 0 Å². The summed E-state index contributed by atoms with van der Waals surface area (Å²) in [6.45, 7) is 0.737. The molecule has 0 radical (unpaired) electrons. The zero-order valence-electron chi connectivity index (χ0n) is 10.7. The Morgan fingerprint density at radius 3 is 2.85 bits per heavy atom. The van der Waals surface area contributed by atoms with E-state index >= 15 is 0 Å². The molecule has 0 fully saturated rings. The van der Waals surface area contributed by atoms with Gasteiger partial charge in [-0.15, -0.1) is 0 Å². The zero-order valence-corrected chi connectivity index (χ0v) is 10.7. The van der Waals surface area contributed by atoms with E-state index in [0.29, 0.717) is 30.3 Å². The number of hydrogen-bond donors (Lipinski definition) is 1. The molecule has 1 aliphatic heterocycles. The molecule has 0 aliphatic carbocycles. The Hall–Kier alpha value is -2.56. The summed E-state index contributed by atoms with van der Waals surface area (Å²) < 4.78 is 19.2. The van der Waals surface area contributed by atoms with Gasteiger partial charge in [0.05, 0.1) is 17.8 Å². The molecular weight excluding hydrogens is 259 g/mol. The fourth-order valence-corrected chi connectivity index (χ4v) is 2.23. The lowest BCUT2D eigenvalue weighted by Gasteiger charge is -2.29. The van der Waals surface area contributed by atoms with Crippen molar-refractivity contribution < 1.29 is 13.9 Å². The molecule has 0 unspecified atom stereocenters. The number of hydrogen-bond acceptors (Lipinski definition) is 3. The highest BCUT2D eigenvalue weighted by Crippen LogP contribution is 2.34. The summed E-state index contributed by atoms with van der Waals surface area (Å²) in [7, 11) is 0. The number of carbonyl (C=O) groups is 1. The Morgan fingerprint density at radius 2 is 2.05 bits per heavy atom. The van der Waals surface area contributed by atoms with Crippen LogP contribution < -0.4 is 15.4 Å². The number of fused-ring (bicyclic) bond motifs is 1. The van der Waals surface area contributed by atoms with Gasteiger partial charge in [-0.05, 0) is 24.3 Å². The molecule has 0 saturated heterocycles. The fraction of sp³-hybridized carbons (Fsp3) is 0.133. The molecule has 3 rings (SSSR count). The molecule has 0 spiro atoms. The molecule has 1 aliphatic rings. The number of benzene rings is 2. The summed E-state index contributed by atoms with van der Waals surface area (Å²) in [6, 6.07) is 11.0. The molecule has 20 heavy (non-hydrogen) atoms. The van der Waals surface area contributed by atoms with E-state index in [1.807, 2.05) is 0 Å². The molecule has 2 aromatic rings. The van der Waals surface area contributed by atoms with E-state index in [0.717, 1.165) is 0 Å². The topological polar surface area (TPSA) is 55.6 Å². The third-order valence-electron chi connectivity index (χ3n) is 3.20. The van der Waals surface area contributed by atoms with Gasteiger partial charge in [-0.3, -0.25) is 4.79 Å². The molecule has 0 aromatic heterocycles. The highest BCUT2D eigenvalue weighted by atomic mass is 19.1. The van der Waals surface area contributed by atoms with Crippen molar-refractivity contribution in [1.82, 2.24) is 0 Å². The fourth-order valence-electron chi connectivity index (χ4n) is 2.23. The second kappa shape index (κ2) is 4.85. The normalized spacial score (nSPS) is 13.6. The average molecular weight is 272 g/mol. The summed E-state index contributed by atoms with van der Waals surface area (Å²) in [5, 5.41) is 0. The maximum atomic E-state index is 13.7. The minimum atomic E-state index is -0.527. The molecule has 4 nitrogen and oxygen atoms in total. The first kappa shape index (κ1) is 12.5. The number of amides is 1. The predicted octanol–water partition coefficient (Wildman–Crippen LogP) is 2.45. The largest absolute Gasteiger partial charge is 0.489 e. The predicted molar refractivity (Wildman–Crippen MR) is 74.4 cm³/mol. The van der Waals surface area contributed by atoms with E-state index in [9.17, 15) is 9.18 Å². The third kappa shape index (κ3) is 2.07. The van der Waals surface area contributed by atoms with Crippen LogP contribution in [0.4, 0.5) is 15.8 Å². The van der Waals surface area contributed by atoms with Gasteiger partial charge in [-0.2, -0.15) is 0 Å². The van der Waals surface area contributed by atoms with Crippen molar-refractivity contribution in [3.8, 4) is 5.75 Å². The first-order valence-electron chi connectivity index (χ1n) is 6.25. The smallest absolute Gasteiger partial charge is 0.261 e. The molecule has 5 heteroatoms. The highest BCUT2D eigenvalue weighted by molar-refractivity contribution is 6.07. The summed E-state index contributed by atoms with van der Waals surface area (Å²) >= 11 is 0. The molecule has 0 saturated carbocycles. The molecule has 102 valence electrons. The van der Waals surface area contributed by atoms with Gasteiger partial charge in [0, 0.05) is 11.8 Å². The lowest BCUT2D eigenvalue weighted by molar-refractivity contribution is 0.0972. The van der Waals surface area contributed by atoms with E-state index < -0.39 is 5.82 Å². The maximum Gasteiger partial charge on any atom is 0.261 e. The van der Waals surface area contributed by atoms with Gasteiger partial charge < -0.3 is 15.4 Å². The highest BCUT2D eigenvalue weighted by Gasteiger charge is 2.26. The van der Waals surface area contributed by atoms with Crippen LogP contribution in [-0.4, -0.2) is 19.1 Å². The standard InChI is InChI=1S/C15H13FN2O2/c16-12-4-2-1-3-11(12)15(19)18-7-8-20-14-9-10(17)5-6-13(14)18/h1-6,9H,7-8,17H2. The molecular formula is C15H13FN2O2. The van der Waals surface area contributed by atoms with Crippen molar-refractivity contribution in [3.05, 3.63) is 53.8 Å². The lowest BCUT2D eigenvalue weighted by atomic mass is 10.1. The van der Waals surface area contributed by atoms with Gasteiger partial charge in [0.1, 0.15) is 18.2 Å². The van der Waals surface area contributed by atoms with Gasteiger partial charge in [0.15, 0.2) is 0 Å². The van der Waals surface area contributed by atoms with E-state index in [1.54, 1.807) is 30.3 Å². The Labute approximate surface area is 115 Å². The van der Waals surface area contributed by atoms with Crippen LogP contribution in [0.2, 0.25) is 0 Å². The maximum absolute atomic E-state index is 13.7. The van der Waals surface area contributed by atoms with Gasteiger partial charge in [0.25, 0.3) is 5.91 Å². The number of nitrogens with zero attached hydrogens (tertiary/aromatic N) is 1. The third-order valence-corrected chi connectivity index (χ3v) is 3.20. The Morgan fingerprint density at radius 1 is 1.25 bits per heavy atom. The van der Waals surface area contributed by atoms with Crippen LogP contribution in [0, 0.1) is 5.82 Å². The van der Waals surface area contributed by atoms with Crippen molar-refractivity contribution in [1.29, 1.82) is 0 Å². The van der Waals surface area contributed by atoms with Crippen molar-refractivity contribution >= 4 is 17.3 Å². The Kier molecular flexibility index (Phi) is 3.02. The number of rotatable bonds is 1. The van der Waals surface area contributed by atoms with Crippen LogP contribution in [0.5, 0.6) is 5.75 Å².